The van der Waals surface area contributed by atoms with Crippen molar-refractivity contribution in [3.8, 4) is 11.5 Å². The molecule has 0 aliphatic heterocycles. The number of ether oxygens (including phenoxy) is 2. The van der Waals surface area contributed by atoms with E-state index in [1.165, 1.54) is 6.07 Å². The molecule has 2 rings (SSSR count). The Bertz CT molecular complexity index is 646. The van der Waals surface area contributed by atoms with Crippen LogP contribution in [0.25, 0.3) is 0 Å². The van der Waals surface area contributed by atoms with Crippen LogP contribution in [0.3, 0.4) is 0 Å². The van der Waals surface area contributed by atoms with Crippen LogP contribution in [-0.4, -0.2) is 14.2 Å². The molecule has 0 radical (unpaired) electrons. The van der Waals surface area contributed by atoms with Gasteiger partial charge in [-0.3, -0.25) is 0 Å². The molecule has 0 bridgehead atoms. The zero-order chi connectivity index (χ0) is 15.4. The van der Waals surface area contributed by atoms with E-state index < -0.39 is 0 Å². The molecule has 21 heavy (non-hydrogen) atoms. The van der Waals surface area contributed by atoms with Gasteiger partial charge in [0.15, 0.2) is 11.5 Å². The molecule has 0 unspecified atom stereocenters. The molecule has 5 heteroatoms. The zero-order valence-corrected chi connectivity index (χ0v) is 12.9. The van der Waals surface area contributed by atoms with Crippen LogP contribution in [0.2, 0.25) is 5.02 Å². The first kappa shape index (κ1) is 15.4. The molecule has 0 saturated heterocycles. The Morgan fingerprint density at radius 2 is 1.90 bits per heavy atom. The van der Waals surface area contributed by atoms with Crippen LogP contribution >= 0.6 is 11.6 Å². The first-order valence-corrected chi connectivity index (χ1v) is 6.83. The van der Waals surface area contributed by atoms with E-state index in [1.807, 2.05) is 12.1 Å². The number of hydrogen-bond acceptors (Lipinski definition) is 3. The third-order valence-electron chi connectivity index (χ3n) is 3.15. The lowest BCUT2D eigenvalue weighted by molar-refractivity contribution is 0.355. The molecule has 0 heterocycles. The van der Waals surface area contributed by atoms with Gasteiger partial charge in [-0.1, -0.05) is 11.6 Å². The van der Waals surface area contributed by atoms with Gasteiger partial charge in [0.1, 0.15) is 5.82 Å². The fourth-order valence-corrected chi connectivity index (χ4v) is 2.34. The number of nitrogens with one attached hydrogen (secondary N) is 1. The van der Waals surface area contributed by atoms with Crippen LogP contribution in [0, 0.1) is 12.7 Å². The summed E-state index contributed by atoms with van der Waals surface area (Å²) in [4.78, 5) is 0. The summed E-state index contributed by atoms with van der Waals surface area (Å²) in [6.45, 7) is 2.28. The fraction of sp³-hybridized carbons (Fsp3) is 0.250. The quantitative estimate of drug-likeness (QED) is 0.887. The van der Waals surface area contributed by atoms with Crippen LogP contribution in [0.1, 0.15) is 11.1 Å². The SMILES string of the molecule is COc1cc(CNc2ccc(F)c(C)c2)cc(Cl)c1OC. The highest BCUT2D eigenvalue weighted by atomic mass is 35.5. The van der Waals surface area contributed by atoms with Crippen molar-refractivity contribution in [3.05, 3.63) is 52.3 Å². The molecule has 0 atom stereocenters. The Labute approximate surface area is 128 Å². The molecular weight excluding hydrogens is 293 g/mol. The maximum absolute atomic E-state index is 13.2. The molecule has 1 N–H and O–H groups in total. The van der Waals surface area contributed by atoms with Crippen molar-refractivity contribution in [2.24, 2.45) is 0 Å². The van der Waals surface area contributed by atoms with E-state index in [0.717, 1.165) is 11.3 Å². The Hall–Kier alpha value is -1.94. The third kappa shape index (κ3) is 3.58. The minimum absolute atomic E-state index is 0.213. The Balaban J connectivity index is 2.16. The normalized spacial score (nSPS) is 10.3. The van der Waals surface area contributed by atoms with Crippen molar-refractivity contribution in [2.75, 3.05) is 19.5 Å². The van der Waals surface area contributed by atoms with E-state index in [0.29, 0.717) is 28.6 Å². The fourth-order valence-electron chi connectivity index (χ4n) is 2.03. The highest BCUT2D eigenvalue weighted by Crippen LogP contribution is 2.36. The molecule has 0 aromatic heterocycles. The predicted octanol–water partition coefficient (Wildman–Crippen LogP) is 4.42. The Kier molecular flexibility index (Phi) is 4.91. The number of hydrogen-bond donors (Lipinski definition) is 1. The molecular formula is C16H17ClFNO2. The Morgan fingerprint density at radius 1 is 1.14 bits per heavy atom. The molecule has 0 amide bonds. The lowest BCUT2D eigenvalue weighted by atomic mass is 10.1. The zero-order valence-electron chi connectivity index (χ0n) is 12.2. The van der Waals surface area contributed by atoms with E-state index in [-0.39, 0.29) is 5.82 Å². The number of halogens is 2. The van der Waals surface area contributed by atoms with Gasteiger partial charge in [0, 0.05) is 12.2 Å². The highest BCUT2D eigenvalue weighted by Gasteiger charge is 2.10. The molecule has 112 valence electrons. The molecule has 0 fully saturated rings. The van der Waals surface area contributed by atoms with Gasteiger partial charge in [-0.2, -0.15) is 0 Å². The molecule has 2 aromatic carbocycles. The van der Waals surface area contributed by atoms with Gasteiger partial charge in [-0.05, 0) is 48.4 Å². The Morgan fingerprint density at radius 3 is 2.52 bits per heavy atom. The largest absolute Gasteiger partial charge is 0.493 e. The first-order chi connectivity index (χ1) is 10.0. The number of methoxy groups -OCH3 is 2. The minimum Gasteiger partial charge on any atom is -0.493 e. The lowest BCUT2D eigenvalue weighted by Gasteiger charge is -2.13. The van der Waals surface area contributed by atoms with Crippen molar-refractivity contribution in [3.63, 3.8) is 0 Å². The smallest absolute Gasteiger partial charge is 0.179 e. The van der Waals surface area contributed by atoms with Gasteiger partial charge < -0.3 is 14.8 Å². The van der Waals surface area contributed by atoms with Crippen molar-refractivity contribution in [1.82, 2.24) is 0 Å². The summed E-state index contributed by atoms with van der Waals surface area (Å²) < 4.78 is 23.7. The van der Waals surface area contributed by atoms with Crippen LogP contribution in [-0.2, 0) is 6.54 Å². The van der Waals surface area contributed by atoms with E-state index >= 15 is 0 Å². The van der Waals surface area contributed by atoms with Crippen molar-refractivity contribution < 1.29 is 13.9 Å². The standard InChI is InChI=1S/C16H17ClFNO2/c1-10-6-12(4-5-14(10)18)19-9-11-7-13(17)16(21-3)15(8-11)20-2/h4-8,19H,9H2,1-3H3. The number of aryl methyl sites for hydroxylation is 1. The molecule has 0 saturated carbocycles. The molecule has 0 aliphatic carbocycles. The maximum atomic E-state index is 13.2. The molecule has 2 aromatic rings. The van der Waals surface area contributed by atoms with Crippen LogP contribution in [0.15, 0.2) is 30.3 Å². The third-order valence-corrected chi connectivity index (χ3v) is 3.43. The number of anilines is 1. The molecule has 3 nitrogen and oxygen atoms in total. The van der Waals surface area contributed by atoms with Gasteiger partial charge >= 0.3 is 0 Å². The van der Waals surface area contributed by atoms with E-state index in [9.17, 15) is 4.39 Å². The monoisotopic (exact) mass is 309 g/mol. The maximum Gasteiger partial charge on any atom is 0.179 e. The van der Waals surface area contributed by atoms with Gasteiger partial charge in [0.2, 0.25) is 0 Å². The summed E-state index contributed by atoms with van der Waals surface area (Å²) in [6, 6.07) is 8.57. The lowest BCUT2D eigenvalue weighted by Crippen LogP contribution is -2.01. The average Bonchev–Trinajstić information content (AvgIpc) is 2.47. The summed E-state index contributed by atoms with van der Waals surface area (Å²) in [5, 5.41) is 3.71. The molecule has 0 spiro atoms. The summed E-state index contributed by atoms with van der Waals surface area (Å²) in [6.07, 6.45) is 0. The van der Waals surface area contributed by atoms with Gasteiger partial charge in [0.25, 0.3) is 0 Å². The number of rotatable bonds is 5. The van der Waals surface area contributed by atoms with Crippen molar-refractivity contribution in [2.45, 2.75) is 13.5 Å². The van der Waals surface area contributed by atoms with Gasteiger partial charge in [-0.25, -0.2) is 4.39 Å². The van der Waals surface area contributed by atoms with Crippen LogP contribution in [0.5, 0.6) is 11.5 Å². The summed E-state index contributed by atoms with van der Waals surface area (Å²) in [7, 11) is 3.11. The first-order valence-electron chi connectivity index (χ1n) is 6.45. The topological polar surface area (TPSA) is 30.5 Å². The van der Waals surface area contributed by atoms with Crippen LogP contribution in [0.4, 0.5) is 10.1 Å². The van der Waals surface area contributed by atoms with Gasteiger partial charge in [0.05, 0.1) is 19.2 Å². The van der Waals surface area contributed by atoms with Gasteiger partial charge in [-0.15, -0.1) is 0 Å². The minimum atomic E-state index is -0.213. The van der Waals surface area contributed by atoms with E-state index in [2.05, 4.69) is 5.32 Å². The van der Waals surface area contributed by atoms with E-state index in [1.54, 1.807) is 33.3 Å². The van der Waals surface area contributed by atoms with Crippen molar-refractivity contribution >= 4 is 17.3 Å². The summed E-state index contributed by atoms with van der Waals surface area (Å²) in [5.41, 5.74) is 2.39. The van der Waals surface area contributed by atoms with Crippen LogP contribution < -0.4 is 14.8 Å². The van der Waals surface area contributed by atoms with E-state index in [4.69, 9.17) is 21.1 Å². The second-order valence-electron chi connectivity index (χ2n) is 4.63. The highest BCUT2D eigenvalue weighted by molar-refractivity contribution is 6.32. The summed E-state index contributed by atoms with van der Waals surface area (Å²) in [5.74, 6) is 0.882. The van der Waals surface area contributed by atoms with Crippen molar-refractivity contribution in [1.29, 1.82) is 0 Å². The average molecular weight is 310 g/mol. The predicted molar refractivity (Wildman–Crippen MR) is 83.0 cm³/mol. The summed E-state index contributed by atoms with van der Waals surface area (Å²) >= 11 is 6.16. The second kappa shape index (κ2) is 6.68. The molecule has 0 aliphatic rings. The second-order valence-corrected chi connectivity index (χ2v) is 5.04. The number of benzene rings is 2.